The molecule has 0 saturated carbocycles. The summed E-state index contributed by atoms with van der Waals surface area (Å²) in [5.74, 6) is 0.0555. The SMILES string of the molecule is Cc1cc(C(CCCC(N)=O)c2ccccc2)ccn1. The number of hydrogen-bond donors (Lipinski definition) is 1. The van der Waals surface area contributed by atoms with Crippen molar-refractivity contribution in [2.24, 2.45) is 5.73 Å². The Hall–Kier alpha value is -2.16. The molecule has 1 aromatic heterocycles. The van der Waals surface area contributed by atoms with Gasteiger partial charge >= 0.3 is 0 Å². The lowest BCUT2D eigenvalue weighted by atomic mass is 9.87. The van der Waals surface area contributed by atoms with Crippen LogP contribution in [-0.4, -0.2) is 10.9 Å². The highest BCUT2D eigenvalue weighted by atomic mass is 16.1. The minimum Gasteiger partial charge on any atom is -0.370 e. The van der Waals surface area contributed by atoms with Crippen molar-refractivity contribution in [3.05, 3.63) is 65.5 Å². The molecule has 0 radical (unpaired) electrons. The van der Waals surface area contributed by atoms with Gasteiger partial charge in [0, 0.05) is 24.2 Å². The number of carbonyl (C=O) groups is 1. The third kappa shape index (κ3) is 3.92. The van der Waals surface area contributed by atoms with E-state index >= 15 is 0 Å². The largest absolute Gasteiger partial charge is 0.370 e. The first-order valence-electron chi connectivity index (χ1n) is 6.92. The summed E-state index contributed by atoms with van der Waals surface area (Å²) in [5, 5.41) is 0. The molecule has 3 nitrogen and oxygen atoms in total. The van der Waals surface area contributed by atoms with Crippen LogP contribution in [0.15, 0.2) is 48.7 Å². The van der Waals surface area contributed by atoms with Crippen molar-refractivity contribution in [3.63, 3.8) is 0 Å². The predicted molar refractivity (Wildman–Crippen MR) is 80.3 cm³/mol. The summed E-state index contributed by atoms with van der Waals surface area (Å²) in [6, 6.07) is 14.5. The van der Waals surface area contributed by atoms with Gasteiger partial charge in [0.2, 0.25) is 5.91 Å². The Morgan fingerprint density at radius 2 is 1.95 bits per heavy atom. The maximum atomic E-state index is 10.9. The highest BCUT2D eigenvalue weighted by molar-refractivity contribution is 5.73. The number of carbonyl (C=O) groups excluding carboxylic acids is 1. The lowest BCUT2D eigenvalue weighted by Gasteiger charge is -2.18. The molecule has 0 aliphatic carbocycles. The first kappa shape index (κ1) is 14.3. The maximum absolute atomic E-state index is 10.9. The smallest absolute Gasteiger partial charge is 0.217 e. The van der Waals surface area contributed by atoms with Crippen molar-refractivity contribution in [1.82, 2.24) is 4.98 Å². The molecule has 1 amide bonds. The number of aromatic nitrogens is 1. The van der Waals surface area contributed by atoms with Gasteiger partial charge in [-0.25, -0.2) is 0 Å². The first-order chi connectivity index (χ1) is 9.66. The maximum Gasteiger partial charge on any atom is 0.217 e. The Bertz CT molecular complexity index is 566. The lowest BCUT2D eigenvalue weighted by Crippen LogP contribution is -2.11. The number of nitrogens with two attached hydrogens (primary N) is 1. The van der Waals surface area contributed by atoms with Crippen molar-refractivity contribution >= 4 is 5.91 Å². The predicted octanol–water partition coefficient (Wildman–Crippen LogP) is 3.18. The summed E-state index contributed by atoms with van der Waals surface area (Å²) in [6.07, 6.45) is 3.99. The Kier molecular flexibility index (Phi) is 4.88. The molecule has 2 aromatic rings. The van der Waals surface area contributed by atoms with E-state index in [1.807, 2.05) is 31.3 Å². The molecule has 0 spiro atoms. The van der Waals surface area contributed by atoms with Crippen LogP contribution < -0.4 is 5.73 Å². The molecular weight excluding hydrogens is 248 g/mol. The van der Waals surface area contributed by atoms with E-state index in [1.54, 1.807) is 0 Å². The van der Waals surface area contributed by atoms with Crippen LogP contribution in [0.5, 0.6) is 0 Å². The summed E-state index contributed by atoms with van der Waals surface area (Å²) >= 11 is 0. The van der Waals surface area contributed by atoms with Crippen LogP contribution in [0.4, 0.5) is 0 Å². The van der Waals surface area contributed by atoms with Gasteiger partial charge in [-0.15, -0.1) is 0 Å². The van der Waals surface area contributed by atoms with Gasteiger partial charge in [0.25, 0.3) is 0 Å². The second kappa shape index (κ2) is 6.85. The first-order valence-corrected chi connectivity index (χ1v) is 6.92. The highest BCUT2D eigenvalue weighted by Crippen LogP contribution is 2.29. The Morgan fingerprint density at radius 1 is 1.20 bits per heavy atom. The topological polar surface area (TPSA) is 56.0 Å². The minimum absolute atomic E-state index is 0.234. The van der Waals surface area contributed by atoms with Crippen molar-refractivity contribution in [3.8, 4) is 0 Å². The molecule has 2 rings (SSSR count). The van der Waals surface area contributed by atoms with E-state index in [4.69, 9.17) is 5.73 Å². The van der Waals surface area contributed by atoms with Gasteiger partial charge in [-0.05, 0) is 43.0 Å². The fourth-order valence-corrected chi connectivity index (χ4v) is 2.48. The van der Waals surface area contributed by atoms with Gasteiger partial charge < -0.3 is 5.73 Å². The molecule has 104 valence electrons. The molecule has 0 fully saturated rings. The van der Waals surface area contributed by atoms with Crippen molar-refractivity contribution in [1.29, 1.82) is 0 Å². The second-order valence-electron chi connectivity index (χ2n) is 5.05. The molecule has 0 aliphatic rings. The third-order valence-electron chi connectivity index (χ3n) is 3.44. The fraction of sp³-hybridized carbons (Fsp3) is 0.294. The molecule has 1 unspecified atom stereocenters. The number of hydrogen-bond acceptors (Lipinski definition) is 2. The molecule has 0 saturated heterocycles. The third-order valence-corrected chi connectivity index (χ3v) is 3.44. The Labute approximate surface area is 119 Å². The van der Waals surface area contributed by atoms with Crippen LogP contribution in [0.3, 0.4) is 0 Å². The second-order valence-corrected chi connectivity index (χ2v) is 5.05. The standard InChI is InChI=1S/C17H20N2O/c1-13-12-15(10-11-19-13)16(8-5-9-17(18)20)14-6-3-2-4-7-14/h2-4,6-7,10-12,16H,5,8-9H2,1H3,(H2,18,20). The number of aryl methyl sites for hydroxylation is 1. The van der Waals surface area contributed by atoms with E-state index < -0.39 is 0 Å². The molecule has 2 N–H and O–H groups in total. The summed E-state index contributed by atoms with van der Waals surface area (Å²) in [7, 11) is 0. The van der Waals surface area contributed by atoms with E-state index in [2.05, 4.69) is 29.2 Å². The molecule has 1 aromatic carbocycles. The zero-order valence-electron chi connectivity index (χ0n) is 11.8. The van der Waals surface area contributed by atoms with Crippen LogP contribution in [-0.2, 0) is 4.79 Å². The fourth-order valence-electron chi connectivity index (χ4n) is 2.48. The zero-order chi connectivity index (χ0) is 14.4. The molecule has 0 aliphatic heterocycles. The number of amides is 1. The van der Waals surface area contributed by atoms with E-state index in [-0.39, 0.29) is 11.8 Å². The summed E-state index contributed by atoms with van der Waals surface area (Å²) in [5.41, 5.74) is 8.75. The average molecular weight is 268 g/mol. The average Bonchev–Trinajstić information content (AvgIpc) is 2.44. The summed E-state index contributed by atoms with van der Waals surface area (Å²) in [4.78, 5) is 15.2. The van der Waals surface area contributed by atoms with E-state index in [9.17, 15) is 4.79 Å². The van der Waals surface area contributed by atoms with Crippen molar-refractivity contribution in [2.45, 2.75) is 32.1 Å². The Morgan fingerprint density at radius 3 is 2.60 bits per heavy atom. The lowest BCUT2D eigenvalue weighted by molar-refractivity contribution is -0.118. The number of primary amides is 1. The van der Waals surface area contributed by atoms with Crippen LogP contribution >= 0.6 is 0 Å². The monoisotopic (exact) mass is 268 g/mol. The van der Waals surface area contributed by atoms with Gasteiger partial charge in [-0.2, -0.15) is 0 Å². The van der Waals surface area contributed by atoms with Crippen LogP contribution in [0.1, 0.15) is 42.0 Å². The highest BCUT2D eigenvalue weighted by Gasteiger charge is 2.14. The van der Waals surface area contributed by atoms with E-state index in [1.165, 1.54) is 11.1 Å². The summed E-state index contributed by atoms with van der Waals surface area (Å²) < 4.78 is 0. The van der Waals surface area contributed by atoms with Crippen molar-refractivity contribution < 1.29 is 4.79 Å². The van der Waals surface area contributed by atoms with E-state index in [0.717, 1.165) is 18.5 Å². The molecule has 0 bridgehead atoms. The van der Waals surface area contributed by atoms with E-state index in [0.29, 0.717) is 6.42 Å². The minimum atomic E-state index is -0.234. The summed E-state index contributed by atoms with van der Waals surface area (Å²) in [6.45, 7) is 2.00. The van der Waals surface area contributed by atoms with Gasteiger partial charge in [-0.1, -0.05) is 30.3 Å². The Balaban J connectivity index is 2.22. The van der Waals surface area contributed by atoms with Gasteiger partial charge in [0.05, 0.1) is 0 Å². The quantitative estimate of drug-likeness (QED) is 0.874. The van der Waals surface area contributed by atoms with Crippen LogP contribution in [0, 0.1) is 6.92 Å². The molecule has 1 atom stereocenters. The van der Waals surface area contributed by atoms with Crippen molar-refractivity contribution in [2.75, 3.05) is 0 Å². The molecular formula is C17H20N2O. The normalized spacial score (nSPS) is 12.1. The number of pyridine rings is 1. The number of benzene rings is 1. The molecule has 1 heterocycles. The number of nitrogens with zero attached hydrogens (tertiary/aromatic N) is 1. The zero-order valence-corrected chi connectivity index (χ0v) is 11.8. The van der Waals surface area contributed by atoms with Gasteiger partial charge in [0.15, 0.2) is 0 Å². The molecule has 20 heavy (non-hydrogen) atoms. The molecule has 3 heteroatoms. The van der Waals surface area contributed by atoms with Gasteiger partial charge in [0.1, 0.15) is 0 Å². The van der Waals surface area contributed by atoms with Gasteiger partial charge in [-0.3, -0.25) is 9.78 Å². The van der Waals surface area contributed by atoms with Crippen LogP contribution in [0.2, 0.25) is 0 Å². The van der Waals surface area contributed by atoms with Crippen LogP contribution in [0.25, 0.3) is 0 Å². The number of rotatable bonds is 6.